The van der Waals surface area contributed by atoms with Gasteiger partial charge in [-0.25, -0.2) is 4.39 Å². The van der Waals surface area contributed by atoms with Crippen molar-refractivity contribution in [1.29, 1.82) is 10.5 Å². The number of hydrogen-bond donors (Lipinski definition) is 0. The number of benzene rings is 1. The average Bonchev–Trinajstić information content (AvgIpc) is 2.86. The van der Waals surface area contributed by atoms with Crippen molar-refractivity contribution in [2.24, 2.45) is 0 Å². The third-order valence-electron chi connectivity index (χ3n) is 2.30. The van der Waals surface area contributed by atoms with Crippen molar-refractivity contribution < 1.29 is 4.39 Å². The Bertz CT molecular complexity index is 668. The fourth-order valence-electron chi connectivity index (χ4n) is 1.38. The van der Waals surface area contributed by atoms with E-state index in [1.165, 1.54) is 47.2 Å². The molecule has 0 spiro atoms. The van der Waals surface area contributed by atoms with E-state index in [-0.39, 0.29) is 5.82 Å². The normalized spacial score (nSPS) is 9.95. The van der Waals surface area contributed by atoms with Crippen LogP contribution >= 0.6 is 35.1 Å². The van der Waals surface area contributed by atoms with Crippen LogP contribution in [-0.2, 0) is 5.75 Å². The number of nitrogens with zero attached hydrogens (tertiary/aromatic N) is 3. The van der Waals surface area contributed by atoms with E-state index in [1.54, 1.807) is 12.1 Å². The van der Waals surface area contributed by atoms with Crippen LogP contribution in [0.2, 0.25) is 0 Å². The molecule has 1 aromatic heterocycles. The predicted octanol–water partition coefficient (Wildman–Crippen LogP) is 4.06. The van der Waals surface area contributed by atoms with Crippen LogP contribution in [0, 0.1) is 28.5 Å². The average molecular weight is 321 g/mol. The van der Waals surface area contributed by atoms with Crippen LogP contribution in [0.15, 0.2) is 33.5 Å². The van der Waals surface area contributed by atoms with Crippen molar-refractivity contribution in [2.45, 2.75) is 15.0 Å². The molecule has 0 saturated carbocycles. The van der Waals surface area contributed by atoms with Crippen LogP contribution in [0.3, 0.4) is 0 Å². The molecule has 1 aromatic carbocycles. The molecule has 0 bridgehead atoms. The number of rotatable bonds is 5. The highest BCUT2D eigenvalue weighted by Gasteiger charge is 2.14. The van der Waals surface area contributed by atoms with Crippen LogP contribution in [0.5, 0.6) is 0 Å². The molecule has 7 heteroatoms. The summed E-state index contributed by atoms with van der Waals surface area (Å²) in [6, 6.07) is 10.4. The third-order valence-corrected chi connectivity index (χ3v) is 5.42. The fraction of sp³-hybridized carbons (Fsp3) is 0.154. The minimum atomic E-state index is -0.264. The number of thioether (sulfide) groups is 2. The van der Waals surface area contributed by atoms with Gasteiger partial charge < -0.3 is 0 Å². The Hall–Kier alpha value is -1.54. The summed E-state index contributed by atoms with van der Waals surface area (Å²) < 4.78 is 17.8. The lowest BCUT2D eigenvalue weighted by atomic mass is 10.2. The van der Waals surface area contributed by atoms with E-state index in [0.717, 1.165) is 9.77 Å². The topological polar surface area (TPSA) is 60.5 Å². The summed E-state index contributed by atoms with van der Waals surface area (Å²) in [5, 5.41) is 18.4. The quantitative estimate of drug-likeness (QED) is 0.777. The highest BCUT2D eigenvalue weighted by molar-refractivity contribution is 8.01. The van der Waals surface area contributed by atoms with Crippen LogP contribution in [0.4, 0.5) is 4.39 Å². The van der Waals surface area contributed by atoms with Crippen LogP contribution in [-0.4, -0.2) is 10.1 Å². The summed E-state index contributed by atoms with van der Waals surface area (Å²) in [6.07, 6.45) is 0. The lowest BCUT2D eigenvalue weighted by molar-refractivity contribution is 0.627. The first-order chi connectivity index (χ1) is 9.74. The summed E-state index contributed by atoms with van der Waals surface area (Å²) in [4.78, 5) is 0. The molecular weight excluding hydrogens is 313 g/mol. The molecule has 0 atom stereocenters. The van der Waals surface area contributed by atoms with Crippen molar-refractivity contribution in [3.05, 3.63) is 41.2 Å². The predicted molar refractivity (Wildman–Crippen MR) is 79.1 cm³/mol. The van der Waals surface area contributed by atoms with Gasteiger partial charge in [-0.15, -0.1) is 0 Å². The molecule has 0 aliphatic carbocycles. The van der Waals surface area contributed by atoms with E-state index in [2.05, 4.69) is 10.4 Å². The van der Waals surface area contributed by atoms with E-state index in [9.17, 15) is 9.65 Å². The van der Waals surface area contributed by atoms with Gasteiger partial charge in [0, 0.05) is 5.75 Å². The van der Waals surface area contributed by atoms with Gasteiger partial charge in [0.05, 0.1) is 11.8 Å². The third kappa shape index (κ3) is 3.73. The molecule has 0 unspecified atom stereocenters. The van der Waals surface area contributed by atoms with Gasteiger partial charge >= 0.3 is 0 Å². The molecule has 100 valence electrons. The van der Waals surface area contributed by atoms with Crippen molar-refractivity contribution in [2.75, 3.05) is 5.75 Å². The molecule has 0 aliphatic rings. The molecule has 0 amide bonds. The van der Waals surface area contributed by atoms with Crippen molar-refractivity contribution in [3.8, 4) is 12.1 Å². The van der Waals surface area contributed by atoms with Gasteiger partial charge in [-0.1, -0.05) is 35.7 Å². The summed E-state index contributed by atoms with van der Waals surface area (Å²) in [5.74, 6) is 0.667. The maximum atomic E-state index is 12.8. The molecule has 3 nitrogen and oxygen atoms in total. The van der Waals surface area contributed by atoms with Gasteiger partial charge in [0.2, 0.25) is 0 Å². The highest BCUT2D eigenvalue weighted by Crippen LogP contribution is 2.35. The number of halogens is 1. The van der Waals surface area contributed by atoms with Crippen LogP contribution in [0.1, 0.15) is 11.1 Å². The van der Waals surface area contributed by atoms with Gasteiger partial charge in [-0.2, -0.15) is 14.9 Å². The minimum Gasteiger partial charge on any atom is -0.207 e. The first-order valence-corrected chi connectivity index (χ1v) is 8.26. The zero-order valence-electron chi connectivity index (χ0n) is 10.2. The Morgan fingerprint density at radius 2 is 1.95 bits per heavy atom. The van der Waals surface area contributed by atoms with E-state index in [1.807, 2.05) is 6.07 Å². The van der Waals surface area contributed by atoms with Crippen molar-refractivity contribution >= 4 is 35.1 Å². The lowest BCUT2D eigenvalue weighted by Gasteiger charge is -1.99. The maximum absolute atomic E-state index is 12.8. The summed E-state index contributed by atoms with van der Waals surface area (Å²) in [7, 11) is 0. The van der Waals surface area contributed by atoms with Gasteiger partial charge in [0.1, 0.15) is 26.7 Å². The molecule has 20 heavy (non-hydrogen) atoms. The first-order valence-electron chi connectivity index (χ1n) is 5.51. The van der Waals surface area contributed by atoms with Crippen molar-refractivity contribution in [3.63, 3.8) is 0 Å². The van der Waals surface area contributed by atoms with Gasteiger partial charge in [0.25, 0.3) is 0 Å². The molecule has 1 heterocycles. The summed E-state index contributed by atoms with van der Waals surface area (Å²) in [5.41, 5.74) is 1.50. The highest BCUT2D eigenvalue weighted by atomic mass is 32.2. The Morgan fingerprint density at radius 3 is 2.60 bits per heavy atom. The zero-order chi connectivity index (χ0) is 14.4. The minimum absolute atomic E-state index is 0.264. The van der Waals surface area contributed by atoms with Gasteiger partial charge in [-0.05, 0) is 29.2 Å². The smallest absolute Gasteiger partial charge is 0.129 e. The van der Waals surface area contributed by atoms with E-state index in [4.69, 9.17) is 5.26 Å². The second kappa shape index (κ2) is 7.30. The van der Waals surface area contributed by atoms with Crippen molar-refractivity contribution in [1.82, 2.24) is 4.37 Å². The standard InChI is InChI=1S/C13H8FN3S3/c14-10-3-1-9(2-4-10)8-19-12-11(7-16)13(20-17-12)18-6-5-15/h1-4H,6,8H2. The largest absolute Gasteiger partial charge is 0.207 e. The first kappa shape index (κ1) is 14.9. The lowest BCUT2D eigenvalue weighted by Crippen LogP contribution is -1.84. The van der Waals surface area contributed by atoms with E-state index >= 15 is 0 Å². The number of nitriles is 2. The van der Waals surface area contributed by atoms with E-state index in [0.29, 0.717) is 22.1 Å². The molecular formula is C13H8FN3S3. The molecule has 0 aliphatic heterocycles. The van der Waals surface area contributed by atoms with Crippen LogP contribution in [0.25, 0.3) is 0 Å². The zero-order valence-corrected chi connectivity index (χ0v) is 12.6. The second-order valence-corrected chi connectivity index (χ2v) is 6.61. The monoisotopic (exact) mass is 321 g/mol. The SMILES string of the molecule is N#CCSc1snc(SCc2ccc(F)cc2)c1C#N. The van der Waals surface area contributed by atoms with Gasteiger partial charge in [0.15, 0.2) is 0 Å². The molecule has 0 fully saturated rings. The fourth-order valence-corrected chi connectivity index (χ4v) is 4.09. The summed E-state index contributed by atoms with van der Waals surface area (Å²) in [6.45, 7) is 0. The second-order valence-electron chi connectivity index (χ2n) is 3.62. The number of aromatic nitrogens is 1. The Morgan fingerprint density at radius 1 is 1.20 bits per heavy atom. The summed E-state index contributed by atoms with van der Waals surface area (Å²) >= 11 is 4.01. The molecule has 0 radical (unpaired) electrons. The van der Waals surface area contributed by atoms with Gasteiger partial charge in [-0.3, -0.25) is 0 Å². The molecule has 0 N–H and O–H groups in total. The molecule has 0 saturated heterocycles. The van der Waals surface area contributed by atoms with E-state index < -0.39 is 0 Å². The Balaban J connectivity index is 2.06. The molecule has 2 aromatic rings. The number of hydrogen-bond acceptors (Lipinski definition) is 6. The maximum Gasteiger partial charge on any atom is 0.129 e. The molecule has 2 rings (SSSR count). The van der Waals surface area contributed by atoms with Crippen LogP contribution < -0.4 is 0 Å². The Labute approximate surface area is 128 Å². The Kier molecular flexibility index (Phi) is 5.42.